The predicted molar refractivity (Wildman–Crippen MR) is 150 cm³/mol. The fourth-order valence-electron chi connectivity index (χ4n) is 4.99. The number of para-hydroxylation sites is 1. The van der Waals surface area contributed by atoms with Crippen LogP contribution in [0.3, 0.4) is 0 Å². The van der Waals surface area contributed by atoms with E-state index in [4.69, 9.17) is 18.9 Å². The van der Waals surface area contributed by atoms with Gasteiger partial charge >= 0.3 is 0 Å². The molecular formula is C27H38N6O6S. The van der Waals surface area contributed by atoms with Crippen LogP contribution >= 0.6 is 0 Å². The number of ether oxygens (including phenoxy) is 4. The molecule has 4 atom stereocenters. The summed E-state index contributed by atoms with van der Waals surface area (Å²) >= 11 is 0. The van der Waals surface area contributed by atoms with E-state index in [1.165, 1.54) is 14.2 Å². The van der Waals surface area contributed by atoms with Crippen LogP contribution in [0.4, 0.5) is 5.95 Å². The van der Waals surface area contributed by atoms with Gasteiger partial charge in [-0.2, -0.15) is 0 Å². The molecule has 13 heteroatoms. The van der Waals surface area contributed by atoms with Crippen LogP contribution in [0.2, 0.25) is 0 Å². The van der Waals surface area contributed by atoms with Gasteiger partial charge in [0.2, 0.25) is 16.0 Å². The van der Waals surface area contributed by atoms with Crippen LogP contribution in [0.15, 0.2) is 30.6 Å². The van der Waals surface area contributed by atoms with Gasteiger partial charge in [-0.25, -0.2) is 18.4 Å². The number of hydrogen-bond donors (Lipinski definition) is 1. The van der Waals surface area contributed by atoms with Crippen molar-refractivity contribution in [3.8, 4) is 17.2 Å². The number of nitrogens with zero attached hydrogens (tertiary/aromatic N) is 5. The van der Waals surface area contributed by atoms with Crippen LogP contribution in [-0.2, 0) is 19.5 Å². The van der Waals surface area contributed by atoms with Gasteiger partial charge in [-0.3, -0.25) is 9.29 Å². The molecule has 0 aliphatic heterocycles. The molecule has 2 unspecified atom stereocenters. The van der Waals surface area contributed by atoms with Gasteiger partial charge in [0.25, 0.3) is 0 Å². The summed E-state index contributed by atoms with van der Waals surface area (Å²) < 4.78 is 55.2. The molecule has 218 valence electrons. The Kier molecular flexibility index (Phi) is 9.26. The Morgan fingerprint density at radius 1 is 1.00 bits per heavy atom. The van der Waals surface area contributed by atoms with Crippen molar-refractivity contribution in [2.45, 2.75) is 76.4 Å². The van der Waals surface area contributed by atoms with Gasteiger partial charge in [-0.05, 0) is 58.2 Å². The van der Waals surface area contributed by atoms with Crippen molar-refractivity contribution in [3.05, 3.63) is 47.8 Å². The van der Waals surface area contributed by atoms with E-state index >= 15 is 0 Å². The molecule has 0 radical (unpaired) electrons. The highest BCUT2D eigenvalue weighted by atomic mass is 32.2. The van der Waals surface area contributed by atoms with Crippen molar-refractivity contribution in [1.82, 2.24) is 24.7 Å². The summed E-state index contributed by atoms with van der Waals surface area (Å²) in [6, 6.07) is 5.33. The molecule has 1 N–H and O–H groups in total. The number of aryl methyl sites for hydroxylation is 1. The largest absolute Gasteiger partial charge is 0.494 e. The summed E-state index contributed by atoms with van der Waals surface area (Å²) in [7, 11) is 0.639. The Balaban J connectivity index is 1.81. The van der Waals surface area contributed by atoms with Gasteiger partial charge in [0.1, 0.15) is 34.4 Å². The summed E-state index contributed by atoms with van der Waals surface area (Å²) in [6.07, 6.45) is 4.60. The molecule has 1 aliphatic rings. The predicted octanol–water partition coefficient (Wildman–Crippen LogP) is 3.96. The van der Waals surface area contributed by atoms with Crippen LogP contribution in [0.25, 0.3) is 5.69 Å². The number of rotatable bonds is 12. The average molecular weight is 575 g/mol. The van der Waals surface area contributed by atoms with Gasteiger partial charge in [0.05, 0.1) is 26.4 Å². The lowest BCUT2D eigenvalue weighted by Gasteiger charge is -2.26. The number of benzene rings is 1. The number of aromatic nitrogens is 5. The normalized spacial score (nSPS) is 19.0. The zero-order chi connectivity index (χ0) is 29.0. The van der Waals surface area contributed by atoms with E-state index in [1.54, 1.807) is 49.2 Å². The van der Waals surface area contributed by atoms with Gasteiger partial charge in [0.15, 0.2) is 5.82 Å². The molecule has 0 amide bonds. The van der Waals surface area contributed by atoms with Gasteiger partial charge < -0.3 is 18.9 Å². The first kappa shape index (κ1) is 29.7. The molecule has 0 saturated heterocycles. The number of anilines is 1. The number of sulfonamides is 1. The third-order valence-electron chi connectivity index (χ3n) is 7.02. The standard InChI is InChI=1S/C27H38N6O6S/c1-16(2)39-24(25-28-14-17(3)15-29-25)18(4)40(34,35)32-27-31-30-26(19-10-8-11-20(19)36-5)33(27)23-21(37-6)12-9-13-22(23)38-7/h9,12-16,18-20,24H,8,10-11H2,1-7H3,(H,31,32)/t18?,19-,20-,24?/m0/s1. The van der Waals surface area contributed by atoms with Crippen LogP contribution in [-0.4, -0.2) is 71.9 Å². The van der Waals surface area contributed by atoms with Crippen LogP contribution in [0.5, 0.6) is 11.5 Å². The van der Waals surface area contributed by atoms with Crippen molar-refractivity contribution in [2.24, 2.45) is 0 Å². The average Bonchev–Trinajstić information content (AvgIpc) is 3.57. The Labute approximate surface area is 235 Å². The van der Waals surface area contributed by atoms with E-state index in [0.29, 0.717) is 23.0 Å². The first-order valence-electron chi connectivity index (χ1n) is 13.3. The van der Waals surface area contributed by atoms with Crippen molar-refractivity contribution in [3.63, 3.8) is 0 Å². The highest BCUT2D eigenvalue weighted by molar-refractivity contribution is 7.93. The number of nitrogens with one attached hydrogen (secondary N) is 1. The minimum Gasteiger partial charge on any atom is -0.494 e. The third-order valence-corrected chi connectivity index (χ3v) is 8.72. The minimum absolute atomic E-state index is 0.000440. The molecule has 12 nitrogen and oxygen atoms in total. The maximum Gasteiger partial charge on any atom is 0.243 e. The molecule has 1 fully saturated rings. The molecule has 1 aliphatic carbocycles. The molecular weight excluding hydrogens is 536 g/mol. The van der Waals surface area contributed by atoms with Crippen molar-refractivity contribution < 1.29 is 27.4 Å². The van der Waals surface area contributed by atoms with Gasteiger partial charge in [-0.15, -0.1) is 10.2 Å². The highest BCUT2D eigenvalue weighted by Gasteiger charge is 2.38. The number of hydrogen-bond acceptors (Lipinski definition) is 10. The van der Waals surface area contributed by atoms with Crippen molar-refractivity contribution in [2.75, 3.05) is 26.1 Å². The third kappa shape index (κ3) is 6.06. The molecule has 0 bridgehead atoms. The summed E-state index contributed by atoms with van der Waals surface area (Å²) in [5.41, 5.74) is 1.34. The van der Waals surface area contributed by atoms with E-state index in [-0.39, 0.29) is 29.9 Å². The van der Waals surface area contributed by atoms with Crippen LogP contribution < -0.4 is 14.2 Å². The summed E-state index contributed by atoms with van der Waals surface area (Å²) in [4.78, 5) is 8.70. The summed E-state index contributed by atoms with van der Waals surface area (Å²) in [6.45, 7) is 7.08. The monoisotopic (exact) mass is 574 g/mol. The van der Waals surface area contributed by atoms with Gasteiger partial charge in [0, 0.05) is 25.4 Å². The Morgan fingerprint density at radius 3 is 2.23 bits per heavy atom. The van der Waals surface area contributed by atoms with E-state index < -0.39 is 21.4 Å². The Hall–Kier alpha value is -3.29. The Morgan fingerprint density at radius 2 is 1.65 bits per heavy atom. The van der Waals surface area contributed by atoms with E-state index in [0.717, 1.165) is 24.8 Å². The zero-order valence-corrected chi connectivity index (χ0v) is 24.8. The Bertz CT molecular complexity index is 1370. The fourth-order valence-corrected chi connectivity index (χ4v) is 6.07. The SMILES string of the molecule is COc1cccc(OC)c1-n1c(NS(=O)(=O)C(C)C(OC(C)C)c2ncc(C)cn2)nnc1[C@H]1CCC[C@@H]1OC. The quantitative estimate of drug-likeness (QED) is 0.338. The smallest absolute Gasteiger partial charge is 0.243 e. The van der Waals surface area contributed by atoms with Crippen molar-refractivity contribution >= 4 is 16.0 Å². The highest BCUT2D eigenvalue weighted by Crippen LogP contribution is 2.42. The molecule has 1 aromatic carbocycles. The maximum absolute atomic E-state index is 13.9. The first-order valence-corrected chi connectivity index (χ1v) is 14.8. The second-order valence-corrected chi connectivity index (χ2v) is 12.2. The molecule has 2 aromatic heterocycles. The molecule has 4 rings (SSSR count). The summed E-state index contributed by atoms with van der Waals surface area (Å²) in [5.74, 6) is 1.65. The number of methoxy groups -OCH3 is 3. The molecule has 1 saturated carbocycles. The molecule has 40 heavy (non-hydrogen) atoms. The van der Waals surface area contributed by atoms with Crippen LogP contribution in [0, 0.1) is 6.92 Å². The summed E-state index contributed by atoms with van der Waals surface area (Å²) in [5, 5.41) is 7.70. The minimum atomic E-state index is -4.11. The fraction of sp³-hybridized carbons (Fsp3) is 0.556. The van der Waals surface area contributed by atoms with E-state index in [2.05, 4.69) is 24.9 Å². The van der Waals surface area contributed by atoms with E-state index in [9.17, 15) is 8.42 Å². The molecule has 0 spiro atoms. The van der Waals surface area contributed by atoms with Crippen molar-refractivity contribution in [1.29, 1.82) is 0 Å². The zero-order valence-electron chi connectivity index (χ0n) is 24.0. The lowest BCUT2D eigenvalue weighted by molar-refractivity contribution is 0.00152. The first-order chi connectivity index (χ1) is 19.1. The lowest BCUT2D eigenvalue weighted by atomic mass is 10.0. The maximum atomic E-state index is 13.9. The molecule has 2 heterocycles. The van der Waals surface area contributed by atoms with Gasteiger partial charge in [-0.1, -0.05) is 12.5 Å². The lowest BCUT2D eigenvalue weighted by Crippen LogP contribution is -2.35. The topological polar surface area (TPSA) is 140 Å². The molecule has 3 aromatic rings. The van der Waals surface area contributed by atoms with E-state index in [1.807, 2.05) is 20.8 Å². The van der Waals surface area contributed by atoms with Crippen LogP contribution in [0.1, 0.15) is 69.3 Å². The second kappa shape index (κ2) is 12.5. The second-order valence-electron chi connectivity index (χ2n) is 10.1.